The van der Waals surface area contributed by atoms with Gasteiger partial charge in [0.05, 0.1) is 0 Å². The molecule has 1 aromatic carbocycles. The second-order valence-corrected chi connectivity index (χ2v) is 3.84. The second-order valence-electron chi connectivity index (χ2n) is 3.84. The zero-order chi connectivity index (χ0) is 15.1. The average Bonchev–Trinajstić information content (AvgIpc) is 2.38. The molecule has 1 atom stereocenters. The van der Waals surface area contributed by atoms with Crippen molar-refractivity contribution in [1.29, 1.82) is 0 Å². The zero-order valence-electron chi connectivity index (χ0n) is 10.4. The maximum absolute atomic E-state index is 11.6. The molecule has 0 saturated carbocycles. The van der Waals surface area contributed by atoms with Crippen molar-refractivity contribution in [2.24, 2.45) is 5.73 Å². The summed E-state index contributed by atoms with van der Waals surface area (Å²) in [4.78, 5) is 33.2. The standard InChI is InChI=1S/C13H13N3O4/c1-2-3-10(12(18)19)16-13(20)15-9-6-4-8(5-7-9)11(14)17/h1,4-7,10H,3H2,(H2,14,17)(H,18,19)(H2,15,16,20). The van der Waals surface area contributed by atoms with E-state index in [1.807, 2.05) is 0 Å². The highest BCUT2D eigenvalue weighted by Crippen LogP contribution is 2.09. The van der Waals surface area contributed by atoms with Gasteiger partial charge in [-0.05, 0) is 24.3 Å². The Morgan fingerprint density at radius 1 is 1.30 bits per heavy atom. The lowest BCUT2D eigenvalue weighted by atomic mass is 10.2. The van der Waals surface area contributed by atoms with Gasteiger partial charge in [-0.1, -0.05) is 0 Å². The number of rotatable bonds is 5. The minimum Gasteiger partial charge on any atom is -0.480 e. The van der Waals surface area contributed by atoms with Gasteiger partial charge < -0.3 is 21.5 Å². The number of primary amides is 1. The van der Waals surface area contributed by atoms with Gasteiger partial charge in [-0.15, -0.1) is 12.3 Å². The molecule has 0 aliphatic rings. The number of nitrogens with one attached hydrogen (secondary N) is 2. The number of aliphatic carboxylic acids is 1. The summed E-state index contributed by atoms with van der Waals surface area (Å²) in [5.41, 5.74) is 5.76. The van der Waals surface area contributed by atoms with Crippen molar-refractivity contribution in [3.8, 4) is 12.3 Å². The van der Waals surface area contributed by atoms with E-state index in [0.29, 0.717) is 11.3 Å². The van der Waals surface area contributed by atoms with E-state index in [1.54, 1.807) is 0 Å². The van der Waals surface area contributed by atoms with Crippen LogP contribution in [0.4, 0.5) is 10.5 Å². The van der Waals surface area contributed by atoms with Crippen LogP contribution in [0.5, 0.6) is 0 Å². The largest absolute Gasteiger partial charge is 0.480 e. The molecule has 0 fully saturated rings. The first kappa shape index (κ1) is 15.0. The maximum Gasteiger partial charge on any atom is 0.327 e. The van der Waals surface area contributed by atoms with Crippen LogP contribution in [0.3, 0.4) is 0 Å². The first-order chi connectivity index (χ1) is 9.43. The van der Waals surface area contributed by atoms with Crippen LogP contribution < -0.4 is 16.4 Å². The number of terminal acetylenes is 1. The summed E-state index contributed by atoms with van der Waals surface area (Å²) in [6.45, 7) is 0. The summed E-state index contributed by atoms with van der Waals surface area (Å²) in [6.07, 6.45) is 4.89. The van der Waals surface area contributed by atoms with Gasteiger partial charge in [-0.2, -0.15) is 0 Å². The monoisotopic (exact) mass is 275 g/mol. The van der Waals surface area contributed by atoms with Gasteiger partial charge in [-0.25, -0.2) is 9.59 Å². The van der Waals surface area contributed by atoms with Crippen molar-refractivity contribution >= 4 is 23.6 Å². The predicted octanol–water partition coefficient (Wildman–Crippen LogP) is 0.383. The number of nitrogens with two attached hydrogens (primary N) is 1. The molecular formula is C13H13N3O4. The number of carboxylic acid groups (broad SMARTS) is 1. The molecule has 0 bridgehead atoms. The number of hydrogen-bond donors (Lipinski definition) is 4. The van der Waals surface area contributed by atoms with Crippen LogP contribution in [0.2, 0.25) is 0 Å². The van der Waals surface area contributed by atoms with E-state index in [4.69, 9.17) is 17.3 Å². The van der Waals surface area contributed by atoms with E-state index in [-0.39, 0.29) is 6.42 Å². The average molecular weight is 275 g/mol. The Bertz CT molecular complexity index is 560. The van der Waals surface area contributed by atoms with E-state index in [9.17, 15) is 14.4 Å². The quantitative estimate of drug-likeness (QED) is 0.580. The predicted molar refractivity (Wildman–Crippen MR) is 72.0 cm³/mol. The Balaban J connectivity index is 2.64. The molecule has 5 N–H and O–H groups in total. The van der Waals surface area contributed by atoms with Crippen LogP contribution in [0.1, 0.15) is 16.8 Å². The van der Waals surface area contributed by atoms with Gasteiger partial charge in [0.1, 0.15) is 6.04 Å². The van der Waals surface area contributed by atoms with Gasteiger partial charge in [0.2, 0.25) is 5.91 Å². The van der Waals surface area contributed by atoms with Gasteiger partial charge in [0.25, 0.3) is 0 Å². The lowest BCUT2D eigenvalue weighted by molar-refractivity contribution is -0.139. The van der Waals surface area contributed by atoms with Crippen LogP contribution >= 0.6 is 0 Å². The summed E-state index contributed by atoms with van der Waals surface area (Å²) in [6, 6.07) is 3.94. The molecular weight excluding hydrogens is 262 g/mol. The number of anilines is 1. The third kappa shape index (κ3) is 4.34. The highest BCUT2D eigenvalue weighted by molar-refractivity contribution is 5.95. The van der Waals surface area contributed by atoms with E-state index < -0.39 is 23.9 Å². The first-order valence-electron chi connectivity index (χ1n) is 5.57. The first-order valence-corrected chi connectivity index (χ1v) is 5.57. The number of carbonyl (C=O) groups is 3. The van der Waals surface area contributed by atoms with Gasteiger partial charge in [0.15, 0.2) is 0 Å². The fourth-order valence-corrected chi connectivity index (χ4v) is 1.36. The molecule has 0 heterocycles. The van der Waals surface area contributed by atoms with Crippen molar-refractivity contribution in [2.75, 3.05) is 5.32 Å². The Labute approximate surface area is 115 Å². The van der Waals surface area contributed by atoms with E-state index in [0.717, 1.165) is 0 Å². The van der Waals surface area contributed by atoms with Crippen molar-refractivity contribution in [3.05, 3.63) is 29.8 Å². The summed E-state index contributed by atoms with van der Waals surface area (Å²) in [5.74, 6) is 0.361. The molecule has 1 aromatic rings. The van der Waals surface area contributed by atoms with Crippen LogP contribution in [-0.4, -0.2) is 29.1 Å². The number of hydrogen-bond acceptors (Lipinski definition) is 3. The number of carbonyl (C=O) groups excluding carboxylic acids is 2. The number of benzene rings is 1. The molecule has 1 unspecified atom stereocenters. The Kier molecular flexibility index (Phi) is 5.12. The molecule has 7 heteroatoms. The van der Waals surface area contributed by atoms with Crippen LogP contribution in [0, 0.1) is 12.3 Å². The topological polar surface area (TPSA) is 122 Å². The molecule has 0 radical (unpaired) electrons. The molecule has 0 aromatic heterocycles. The molecule has 104 valence electrons. The fourth-order valence-electron chi connectivity index (χ4n) is 1.36. The summed E-state index contributed by atoms with van der Waals surface area (Å²) in [7, 11) is 0. The zero-order valence-corrected chi connectivity index (χ0v) is 10.4. The van der Waals surface area contributed by atoms with Crippen molar-refractivity contribution < 1.29 is 19.5 Å². The third-order valence-corrected chi connectivity index (χ3v) is 2.35. The molecule has 0 spiro atoms. The fraction of sp³-hybridized carbons (Fsp3) is 0.154. The number of carboxylic acids is 1. The minimum atomic E-state index is -1.22. The van der Waals surface area contributed by atoms with Crippen molar-refractivity contribution in [1.82, 2.24) is 5.32 Å². The van der Waals surface area contributed by atoms with Crippen LogP contribution in [0.15, 0.2) is 24.3 Å². The van der Waals surface area contributed by atoms with Crippen LogP contribution in [-0.2, 0) is 4.79 Å². The highest BCUT2D eigenvalue weighted by Gasteiger charge is 2.18. The molecule has 0 aliphatic heterocycles. The Morgan fingerprint density at radius 2 is 1.90 bits per heavy atom. The lowest BCUT2D eigenvalue weighted by Gasteiger charge is -2.12. The molecule has 20 heavy (non-hydrogen) atoms. The number of amides is 3. The van der Waals surface area contributed by atoms with Crippen molar-refractivity contribution in [2.45, 2.75) is 12.5 Å². The minimum absolute atomic E-state index is 0.122. The normalized spacial score (nSPS) is 10.9. The molecule has 0 aliphatic carbocycles. The van der Waals surface area contributed by atoms with Crippen molar-refractivity contribution in [3.63, 3.8) is 0 Å². The summed E-state index contributed by atoms with van der Waals surface area (Å²) < 4.78 is 0. The van der Waals surface area contributed by atoms with Gasteiger partial charge in [-0.3, -0.25) is 4.79 Å². The third-order valence-electron chi connectivity index (χ3n) is 2.35. The molecule has 0 saturated heterocycles. The molecule has 7 nitrogen and oxygen atoms in total. The molecule has 1 rings (SSSR count). The number of urea groups is 1. The van der Waals surface area contributed by atoms with Gasteiger partial charge in [0, 0.05) is 17.7 Å². The lowest BCUT2D eigenvalue weighted by Crippen LogP contribution is -2.42. The van der Waals surface area contributed by atoms with Crippen LogP contribution in [0.25, 0.3) is 0 Å². The van der Waals surface area contributed by atoms with E-state index in [1.165, 1.54) is 24.3 Å². The summed E-state index contributed by atoms with van der Waals surface area (Å²) >= 11 is 0. The summed E-state index contributed by atoms with van der Waals surface area (Å²) in [5, 5.41) is 13.5. The Morgan fingerprint density at radius 3 is 2.35 bits per heavy atom. The smallest absolute Gasteiger partial charge is 0.327 e. The van der Waals surface area contributed by atoms with Gasteiger partial charge >= 0.3 is 12.0 Å². The highest BCUT2D eigenvalue weighted by atomic mass is 16.4. The molecule has 3 amide bonds. The van der Waals surface area contributed by atoms with E-state index in [2.05, 4.69) is 16.6 Å². The SMILES string of the molecule is C#CCC(NC(=O)Nc1ccc(C(N)=O)cc1)C(=O)O. The van der Waals surface area contributed by atoms with E-state index >= 15 is 0 Å². The Hall–Kier alpha value is -3.01. The second kappa shape index (κ2) is 6.80. The maximum atomic E-state index is 11.6.